The molecule has 5 aromatic carbocycles. The summed E-state index contributed by atoms with van der Waals surface area (Å²) < 4.78 is 1.17. The fourth-order valence-electron chi connectivity index (χ4n) is 6.32. The van der Waals surface area contributed by atoms with Crippen LogP contribution < -0.4 is 0 Å². The molecule has 1 heterocycles. The number of fused-ring (bicyclic) bond motifs is 2. The summed E-state index contributed by atoms with van der Waals surface area (Å²) in [5.41, 5.74) is 10.3. The SMILES string of the molecule is CC(C)c1cccc(-c2cc(C(C)(C)C)cc3sc(-c4ccc5ccccc5c4N=Cc4cc(C(C)(C)C)cc(C(C)(C)C)c4O)nc23)c1. The van der Waals surface area contributed by atoms with Crippen molar-refractivity contribution in [1.82, 2.24) is 4.98 Å². The highest BCUT2D eigenvalue weighted by atomic mass is 32.1. The molecule has 49 heavy (non-hydrogen) atoms. The number of aromatic nitrogens is 1. The first-order chi connectivity index (χ1) is 22.9. The number of benzene rings is 5. The van der Waals surface area contributed by atoms with E-state index < -0.39 is 0 Å². The van der Waals surface area contributed by atoms with E-state index in [1.807, 2.05) is 6.21 Å². The Labute approximate surface area is 296 Å². The van der Waals surface area contributed by atoms with Crippen molar-refractivity contribution in [3.63, 3.8) is 0 Å². The second-order valence-electron chi connectivity index (χ2n) is 16.8. The molecule has 0 fully saturated rings. The van der Waals surface area contributed by atoms with Gasteiger partial charge in [-0.15, -0.1) is 11.3 Å². The fraction of sp³-hybridized carbons (Fsp3) is 0.333. The van der Waals surface area contributed by atoms with Crippen molar-refractivity contribution >= 4 is 44.2 Å². The van der Waals surface area contributed by atoms with E-state index in [0.717, 1.165) is 49.2 Å². The van der Waals surface area contributed by atoms with Crippen LogP contribution in [0.3, 0.4) is 0 Å². The molecular weight excluding hydrogens is 617 g/mol. The number of aliphatic imine (C=N–C) groups is 1. The summed E-state index contributed by atoms with van der Waals surface area (Å²) in [5.74, 6) is 0.724. The Morgan fingerprint density at radius 1 is 0.714 bits per heavy atom. The maximum Gasteiger partial charge on any atom is 0.128 e. The Kier molecular flexibility index (Phi) is 8.86. The maximum atomic E-state index is 11.6. The van der Waals surface area contributed by atoms with Crippen LogP contribution in [0.1, 0.15) is 110 Å². The van der Waals surface area contributed by atoms with Crippen molar-refractivity contribution in [2.24, 2.45) is 4.99 Å². The molecule has 6 aromatic rings. The highest BCUT2D eigenvalue weighted by Gasteiger charge is 2.25. The van der Waals surface area contributed by atoms with E-state index in [1.165, 1.54) is 27.0 Å². The number of hydrogen-bond acceptors (Lipinski definition) is 4. The zero-order chi connectivity index (χ0) is 35.5. The van der Waals surface area contributed by atoms with Crippen LogP contribution in [0.5, 0.6) is 5.75 Å². The average molecular weight is 667 g/mol. The van der Waals surface area contributed by atoms with Crippen molar-refractivity contribution in [1.29, 1.82) is 0 Å². The lowest BCUT2D eigenvalue weighted by atomic mass is 9.79. The number of rotatable bonds is 5. The van der Waals surface area contributed by atoms with Crippen molar-refractivity contribution in [2.75, 3.05) is 0 Å². The maximum absolute atomic E-state index is 11.6. The lowest BCUT2D eigenvalue weighted by Crippen LogP contribution is -2.17. The zero-order valence-electron chi connectivity index (χ0n) is 31.0. The van der Waals surface area contributed by atoms with Gasteiger partial charge in [0.1, 0.15) is 10.8 Å². The number of hydrogen-bond donors (Lipinski definition) is 1. The van der Waals surface area contributed by atoms with Gasteiger partial charge in [0.25, 0.3) is 0 Å². The topological polar surface area (TPSA) is 45.5 Å². The van der Waals surface area contributed by atoms with Gasteiger partial charge in [-0.05, 0) is 74.1 Å². The highest BCUT2D eigenvalue weighted by Crippen LogP contribution is 2.44. The van der Waals surface area contributed by atoms with Crippen LogP contribution in [0.15, 0.2) is 89.9 Å². The molecule has 0 aliphatic carbocycles. The van der Waals surface area contributed by atoms with Gasteiger partial charge < -0.3 is 5.11 Å². The van der Waals surface area contributed by atoms with Gasteiger partial charge in [-0.25, -0.2) is 4.98 Å². The van der Waals surface area contributed by atoms with E-state index in [1.54, 1.807) is 11.3 Å². The molecule has 0 saturated carbocycles. The van der Waals surface area contributed by atoms with Crippen LogP contribution in [-0.4, -0.2) is 16.3 Å². The Hall–Kier alpha value is -4.28. The molecule has 0 amide bonds. The first kappa shape index (κ1) is 34.6. The summed E-state index contributed by atoms with van der Waals surface area (Å²) in [6.07, 6.45) is 1.85. The Bertz CT molecular complexity index is 2210. The third kappa shape index (κ3) is 6.94. The standard InChI is InChI=1S/C45H50N2OS/c1-27(2)29-16-14-17-30(21-29)36-23-33(44(6,7)8)25-38-40(36)47-42(49-38)35-20-19-28-15-12-13-18-34(28)39(35)46-26-31-22-32(43(3,4)5)24-37(41(31)48)45(9,10)11/h12-27,48H,1-11H3. The van der Waals surface area contributed by atoms with Crippen LogP contribution in [-0.2, 0) is 16.2 Å². The smallest absolute Gasteiger partial charge is 0.128 e. The summed E-state index contributed by atoms with van der Waals surface area (Å²) >= 11 is 1.72. The molecule has 0 aliphatic heterocycles. The van der Waals surface area contributed by atoms with Crippen LogP contribution >= 0.6 is 11.3 Å². The molecule has 4 heteroatoms. The van der Waals surface area contributed by atoms with Crippen molar-refractivity contribution < 1.29 is 5.11 Å². The minimum atomic E-state index is -0.224. The first-order valence-corrected chi connectivity index (χ1v) is 18.2. The normalized spacial score (nSPS) is 13.0. The average Bonchev–Trinajstić information content (AvgIpc) is 3.46. The second kappa shape index (κ2) is 12.6. The molecule has 0 spiro atoms. The van der Waals surface area contributed by atoms with Gasteiger partial charge in [0, 0.05) is 33.9 Å². The number of nitrogens with zero attached hydrogens (tertiary/aromatic N) is 2. The molecular formula is C45H50N2OS. The first-order valence-electron chi connectivity index (χ1n) is 17.4. The zero-order valence-corrected chi connectivity index (χ0v) is 31.8. The third-order valence-electron chi connectivity index (χ3n) is 9.50. The number of phenolic OH excluding ortho intramolecular Hbond substituents is 1. The third-order valence-corrected chi connectivity index (χ3v) is 10.5. The van der Waals surface area contributed by atoms with Crippen LogP contribution in [0.4, 0.5) is 5.69 Å². The van der Waals surface area contributed by atoms with Gasteiger partial charge in [-0.1, -0.05) is 137 Å². The number of thiazole rings is 1. The van der Waals surface area contributed by atoms with Gasteiger partial charge in [0.2, 0.25) is 0 Å². The van der Waals surface area contributed by atoms with Gasteiger partial charge in [0.05, 0.1) is 15.9 Å². The van der Waals surface area contributed by atoms with E-state index >= 15 is 0 Å². The van der Waals surface area contributed by atoms with E-state index in [-0.39, 0.29) is 22.0 Å². The molecule has 252 valence electrons. The fourth-order valence-corrected chi connectivity index (χ4v) is 7.38. The molecule has 6 rings (SSSR count). The minimum Gasteiger partial charge on any atom is -0.507 e. The number of aromatic hydroxyl groups is 1. The van der Waals surface area contributed by atoms with Gasteiger partial charge in [-0.2, -0.15) is 0 Å². The lowest BCUT2D eigenvalue weighted by molar-refractivity contribution is 0.444. The largest absolute Gasteiger partial charge is 0.507 e. The molecule has 1 aromatic heterocycles. The summed E-state index contributed by atoms with van der Waals surface area (Å²) in [4.78, 5) is 10.6. The summed E-state index contributed by atoms with van der Waals surface area (Å²) in [5, 5.41) is 14.7. The van der Waals surface area contributed by atoms with E-state index in [9.17, 15) is 5.11 Å². The molecule has 0 atom stereocenters. The Morgan fingerprint density at radius 3 is 2.08 bits per heavy atom. The summed E-state index contributed by atoms with van der Waals surface area (Å²) in [7, 11) is 0. The predicted molar refractivity (Wildman–Crippen MR) is 214 cm³/mol. The highest BCUT2D eigenvalue weighted by molar-refractivity contribution is 7.21. The van der Waals surface area contributed by atoms with Gasteiger partial charge >= 0.3 is 0 Å². The van der Waals surface area contributed by atoms with E-state index in [2.05, 4.69) is 161 Å². The van der Waals surface area contributed by atoms with Crippen molar-refractivity contribution in [3.05, 3.63) is 113 Å². The van der Waals surface area contributed by atoms with Crippen LogP contribution in [0, 0.1) is 0 Å². The van der Waals surface area contributed by atoms with Crippen LogP contribution in [0.25, 0.3) is 42.7 Å². The second-order valence-corrected chi connectivity index (χ2v) is 17.9. The molecule has 3 nitrogen and oxygen atoms in total. The molecule has 1 N–H and O–H groups in total. The Morgan fingerprint density at radius 2 is 1.41 bits per heavy atom. The van der Waals surface area contributed by atoms with Gasteiger partial charge in [-0.3, -0.25) is 4.99 Å². The van der Waals surface area contributed by atoms with E-state index in [0.29, 0.717) is 5.92 Å². The molecule has 0 unspecified atom stereocenters. The molecule has 0 bridgehead atoms. The quantitative estimate of drug-likeness (QED) is 0.186. The summed E-state index contributed by atoms with van der Waals surface area (Å²) in [6.45, 7) is 24.4. The Balaban J connectivity index is 1.58. The van der Waals surface area contributed by atoms with Crippen molar-refractivity contribution in [2.45, 2.75) is 98.3 Å². The lowest BCUT2D eigenvalue weighted by Gasteiger charge is -2.27. The predicted octanol–water partition coefficient (Wildman–Crippen LogP) is 13.3. The van der Waals surface area contributed by atoms with Gasteiger partial charge in [0.15, 0.2) is 0 Å². The van der Waals surface area contributed by atoms with E-state index in [4.69, 9.17) is 9.98 Å². The summed E-state index contributed by atoms with van der Waals surface area (Å²) in [6, 6.07) is 30.5. The minimum absolute atomic E-state index is 0.0172. The monoisotopic (exact) mass is 666 g/mol. The molecule has 0 radical (unpaired) electrons. The molecule has 0 aliphatic rings. The molecule has 0 saturated heterocycles. The number of phenols is 1. The van der Waals surface area contributed by atoms with Crippen molar-refractivity contribution in [3.8, 4) is 27.4 Å². The van der Waals surface area contributed by atoms with Crippen LogP contribution in [0.2, 0.25) is 0 Å².